The van der Waals surface area contributed by atoms with Gasteiger partial charge in [-0.15, -0.1) is 0 Å². The van der Waals surface area contributed by atoms with Crippen molar-refractivity contribution in [2.75, 3.05) is 0 Å². The highest BCUT2D eigenvalue weighted by atomic mass is 16.5. The molecule has 2 rings (SSSR count). The minimum Gasteiger partial charge on any atom is -0.512 e. The van der Waals surface area contributed by atoms with Crippen LogP contribution in [0, 0.1) is 0 Å². The number of carbonyl (C=O) groups is 1. The SMILES string of the molecule is C/C(O)=C(\C=C(/C)Oc1ccccc1C(=O)O)c1cccc(CN)c1. The van der Waals surface area contributed by atoms with Gasteiger partial charge in [0.2, 0.25) is 0 Å². The van der Waals surface area contributed by atoms with Crippen LogP contribution in [0.4, 0.5) is 0 Å². The van der Waals surface area contributed by atoms with E-state index in [1.54, 1.807) is 38.1 Å². The number of aromatic carboxylic acids is 1. The number of aliphatic hydroxyl groups is 1. The molecule has 5 nitrogen and oxygen atoms in total. The zero-order chi connectivity index (χ0) is 18.4. The highest BCUT2D eigenvalue weighted by Crippen LogP contribution is 2.25. The normalized spacial score (nSPS) is 12.5. The average molecular weight is 339 g/mol. The number of benzene rings is 2. The molecule has 0 heterocycles. The minimum absolute atomic E-state index is 0.0756. The van der Waals surface area contributed by atoms with Crippen molar-refractivity contribution in [2.24, 2.45) is 5.73 Å². The van der Waals surface area contributed by atoms with Crippen LogP contribution in [-0.4, -0.2) is 16.2 Å². The zero-order valence-corrected chi connectivity index (χ0v) is 14.2. The van der Waals surface area contributed by atoms with Crippen LogP contribution in [0.5, 0.6) is 5.75 Å². The van der Waals surface area contributed by atoms with Crippen molar-refractivity contribution >= 4 is 11.5 Å². The Kier molecular flexibility index (Phi) is 5.98. The molecule has 25 heavy (non-hydrogen) atoms. The molecule has 0 radical (unpaired) electrons. The largest absolute Gasteiger partial charge is 0.512 e. The molecule has 0 saturated carbocycles. The van der Waals surface area contributed by atoms with Crippen molar-refractivity contribution in [3.8, 4) is 5.75 Å². The Morgan fingerprint density at radius 1 is 1.12 bits per heavy atom. The van der Waals surface area contributed by atoms with Gasteiger partial charge in [0.1, 0.15) is 17.1 Å². The molecule has 0 atom stereocenters. The first-order valence-electron chi connectivity index (χ1n) is 7.80. The fourth-order valence-electron chi connectivity index (χ4n) is 2.40. The monoisotopic (exact) mass is 339 g/mol. The van der Waals surface area contributed by atoms with E-state index >= 15 is 0 Å². The Labute approximate surface area is 146 Å². The smallest absolute Gasteiger partial charge is 0.339 e. The van der Waals surface area contributed by atoms with Gasteiger partial charge in [-0.25, -0.2) is 4.79 Å². The maximum absolute atomic E-state index is 11.3. The molecule has 5 heteroatoms. The second-order valence-corrected chi connectivity index (χ2v) is 5.56. The number of carboxylic acids is 1. The molecule has 0 bridgehead atoms. The number of allylic oxidation sites excluding steroid dienone is 4. The first-order valence-corrected chi connectivity index (χ1v) is 7.80. The quantitative estimate of drug-likeness (QED) is 0.544. The van der Waals surface area contributed by atoms with E-state index in [4.69, 9.17) is 10.5 Å². The van der Waals surface area contributed by atoms with Crippen LogP contribution >= 0.6 is 0 Å². The Morgan fingerprint density at radius 2 is 1.84 bits per heavy atom. The van der Waals surface area contributed by atoms with E-state index in [0.717, 1.165) is 11.1 Å². The molecule has 0 aliphatic carbocycles. The van der Waals surface area contributed by atoms with Crippen molar-refractivity contribution in [1.82, 2.24) is 0 Å². The molecule has 2 aromatic carbocycles. The number of ether oxygens (including phenoxy) is 1. The molecular weight excluding hydrogens is 318 g/mol. The lowest BCUT2D eigenvalue weighted by Crippen LogP contribution is -2.02. The third kappa shape index (κ3) is 4.71. The van der Waals surface area contributed by atoms with E-state index in [1.807, 2.05) is 24.3 Å². The summed E-state index contributed by atoms with van der Waals surface area (Å²) in [5.41, 5.74) is 8.08. The van der Waals surface area contributed by atoms with Crippen LogP contribution in [0.15, 0.2) is 66.1 Å². The first kappa shape index (κ1) is 18.3. The van der Waals surface area contributed by atoms with Crippen LogP contribution in [0.25, 0.3) is 5.57 Å². The number of hydrogen-bond acceptors (Lipinski definition) is 4. The van der Waals surface area contributed by atoms with E-state index in [2.05, 4.69) is 0 Å². The van der Waals surface area contributed by atoms with Crippen molar-refractivity contribution in [3.05, 3.63) is 82.8 Å². The predicted molar refractivity (Wildman–Crippen MR) is 97.3 cm³/mol. The Bertz CT molecular complexity index is 833. The summed E-state index contributed by atoms with van der Waals surface area (Å²) in [6, 6.07) is 13.9. The molecule has 0 aliphatic rings. The van der Waals surface area contributed by atoms with Crippen LogP contribution in [0.3, 0.4) is 0 Å². The number of hydrogen-bond donors (Lipinski definition) is 3. The second-order valence-electron chi connectivity index (χ2n) is 5.56. The lowest BCUT2D eigenvalue weighted by Gasteiger charge is -2.11. The van der Waals surface area contributed by atoms with Gasteiger partial charge >= 0.3 is 5.97 Å². The minimum atomic E-state index is -1.06. The van der Waals surface area contributed by atoms with Gasteiger partial charge in [-0.2, -0.15) is 0 Å². The fraction of sp³-hybridized carbons (Fsp3) is 0.150. The summed E-state index contributed by atoms with van der Waals surface area (Å²) < 4.78 is 5.68. The molecule has 0 saturated heterocycles. The molecule has 2 aromatic rings. The standard InChI is InChI=1S/C20H21NO4/c1-13(25-19-9-4-3-8-17(19)20(23)24)10-18(14(2)22)16-7-5-6-15(11-16)12-21/h3-11,22H,12,21H2,1-2H3,(H,23,24)/b13-10+,18-14-. The van der Waals surface area contributed by atoms with Crippen LogP contribution in [0.1, 0.15) is 35.3 Å². The van der Waals surface area contributed by atoms with E-state index in [9.17, 15) is 15.0 Å². The number of carboxylic acid groups (broad SMARTS) is 1. The highest BCUT2D eigenvalue weighted by Gasteiger charge is 2.12. The third-order valence-electron chi connectivity index (χ3n) is 3.60. The van der Waals surface area contributed by atoms with Gasteiger partial charge in [0.25, 0.3) is 0 Å². The molecule has 0 aliphatic heterocycles. The van der Waals surface area contributed by atoms with Gasteiger partial charge in [0.05, 0.1) is 5.76 Å². The first-order chi connectivity index (χ1) is 11.9. The lowest BCUT2D eigenvalue weighted by molar-refractivity contribution is 0.0693. The van der Waals surface area contributed by atoms with Crippen LogP contribution in [0.2, 0.25) is 0 Å². The molecule has 0 unspecified atom stereocenters. The van der Waals surface area contributed by atoms with E-state index in [0.29, 0.717) is 17.9 Å². The zero-order valence-electron chi connectivity index (χ0n) is 14.2. The summed E-state index contributed by atoms with van der Waals surface area (Å²) in [5.74, 6) is -0.235. The van der Waals surface area contributed by atoms with Crippen molar-refractivity contribution in [2.45, 2.75) is 20.4 Å². The third-order valence-corrected chi connectivity index (χ3v) is 3.60. The number of rotatable bonds is 6. The molecule has 130 valence electrons. The van der Waals surface area contributed by atoms with E-state index < -0.39 is 5.97 Å². The van der Waals surface area contributed by atoms with Gasteiger partial charge in [-0.05, 0) is 49.2 Å². The van der Waals surface area contributed by atoms with Gasteiger partial charge < -0.3 is 20.7 Å². The van der Waals surface area contributed by atoms with Gasteiger partial charge in [-0.3, -0.25) is 0 Å². The molecular formula is C20H21NO4. The Balaban J connectivity index is 2.36. The highest BCUT2D eigenvalue weighted by molar-refractivity contribution is 5.90. The summed E-state index contributed by atoms with van der Waals surface area (Å²) in [5, 5.41) is 19.3. The van der Waals surface area contributed by atoms with Crippen molar-refractivity contribution < 1.29 is 19.7 Å². The molecule has 0 aromatic heterocycles. The second kappa shape index (κ2) is 8.17. The summed E-state index contributed by atoms with van der Waals surface area (Å²) in [6.45, 7) is 3.69. The van der Waals surface area contributed by atoms with Crippen molar-refractivity contribution in [3.63, 3.8) is 0 Å². The Hall–Kier alpha value is -3.05. The molecule has 4 N–H and O–H groups in total. The molecule has 0 amide bonds. The number of aliphatic hydroxyl groups excluding tert-OH is 1. The average Bonchev–Trinajstić information content (AvgIpc) is 2.59. The van der Waals surface area contributed by atoms with Gasteiger partial charge in [0, 0.05) is 12.1 Å². The van der Waals surface area contributed by atoms with Crippen LogP contribution < -0.4 is 10.5 Å². The predicted octanol–water partition coefficient (Wildman–Crippen LogP) is 4.12. The molecule has 0 fully saturated rings. The molecule has 0 spiro atoms. The summed E-state index contributed by atoms with van der Waals surface area (Å²) in [6.07, 6.45) is 1.67. The maximum atomic E-state index is 11.3. The summed E-state index contributed by atoms with van der Waals surface area (Å²) in [4.78, 5) is 11.3. The van der Waals surface area contributed by atoms with Crippen molar-refractivity contribution in [1.29, 1.82) is 0 Å². The fourth-order valence-corrected chi connectivity index (χ4v) is 2.40. The maximum Gasteiger partial charge on any atom is 0.339 e. The van der Waals surface area contributed by atoms with Gasteiger partial charge in [0.15, 0.2) is 0 Å². The lowest BCUT2D eigenvalue weighted by atomic mass is 10.0. The summed E-state index contributed by atoms with van der Waals surface area (Å²) in [7, 11) is 0. The number of para-hydroxylation sites is 1. The summed E-state index contributed by atoms with van der Waals surface area (Å²) >= 11 is 0. The topological polar surface area (TPSA) is 92.8 Å². The Morgan fingerprint density at radius 3 is 2.48 bits per heavy atom. The van der Waals surface area contributed by atoms with Gasteiger partial charge in [-0.1, -0.05) is 30.3 Å². The number of nitrogens with two attached hydrogens (primary N) is 1. The van der Waals surface area contributed by atoms with Crippen LogP contribution in [-0.2, 0) is 6.54 Å². The van der Waals surface area contributed by atoms with E-state index in [-0.39, 0.29) is 17.1 Å². The van der Waals surface area contributed by atoms with E-state index in [1.165, 1.54) is 6.07 Å².